The average molecular weight is 253 g/mol. The van der Waals surface area contributed by atoms with Crippen LogP contribution < -0.4 is 5.32 Å². The maximum absolute atomic E-state index is 11.8. The second kappa shape index (κ2) is 4.58. The molecule has 0 atom stereocenters. The summed E-state index contributed by atoms with van der Waals surface area (Å²) in [6, 6.07) is 4.87. The number of fused-ring (bicyclic) bond motifs is 1. The van der Waals surface area contributed by atoms with E-state index in [4.69, 9.17) is 0 Å². The molecule has 1 aliphatic heterocycles. The summed E-state index contributed by atoms with van der Waals surface area (Å²) in [6.45, 7) is 0.269. The van der Waals surface area contributed by atoms with Crippen LogP contribution in [-0.2, 0) is 16.3 Å². The molecule has 1 aromatic carbocycles. The number of nitrogens with one attached hydrogen (secondary N) is 1. The van der Waals surface area contributed by atoms with Crippen molar-refractivity contribution in [2.24, 2.45) is 0 Å². The van der Waals surface area contributed by atoms with E-state index in [0.717, 1.165) is 12.0 Å². The van der Waals surface area contributed by atoms with Crippen LogP contribution in [0, 0.1) is 0 Å². The first-order valence-electron chi connectivity index (χ1n) is 5.58. The van der Waals surface area contributed by atoms with Gasteiger partial charge < -0.3 is 5.32 Å². The molecule has 92 valence electrons. The summed E-state index contributed by atoms with van der Waals surface area (Å²) in [5, 5.41) is 2.79. The van der Waals surface area contributed by atoms with Gasteiger partial charge in [-0.2, -0.15) is 0 Å². The van der Waals surface area contributed by atoms with Crippen molar-refractivity contribution < 1.29 is 13.2 Å². The Hall–Kier alpha value is -1.20. The smallest absolute Gasteiger partial charge is 0.178 e. The van der Waals surface area contributed by atoms with Crippen LogP contribution in [0.2, 0.25) is 0 Å². The SMILES string of the molecule is CNCC(=O)c1ccc2c(c1)CCCS2(=O)=O. The predicted octanol–water partition coefficient (Wildman–Crippen LogP) is 0.809. The molecule has 0 bridgehead atoms. The van der Waals surface area contributed by atoms with Crippen molar-refractivity contribution in [2.75, 3.05) is 19.3 Å². The number of aryl methyl sites for hydroxylation is 1. The van der Waals surface area contributed by atoms with Crippen molar-refractivity contribution in [3.05, 3.63) is 29.3 Å². The van der Waals surface area contributed by atoms with Crippen molar-refractivity contribution in [3.8, 4) is 0 Å². The minimum atomic E-state index is -3.12. The molecule has 0 aromatic heterocycles. The Morgan fingerprint density at radius 3 is 2.88 bits per heavy atom. The molecule has 2 rings (SSSR count). The van der Waals surface area contributed by atoms with Crippen LogP contribution in [0.15, 0.2) is 23.1 Å². The van der Waals surface area contributed by atoms with Gasteiger partial charge in [0.25, 0.3) is 0 Å². The van der Waals surface area contributed by atoms with Gasteiger partial charge in [-0.05, 0) is 37.6 Å². The first-order valence-corrected chi connectivity index (χ1v) is 7.23. The Kier molecular flexibility index (Phi) is 3.31. The summed E-state index contributed by atoms with van der Waals surface area (Å²) in [4.78, 5) is 12.1. The minimum Gasteiger partial charge on any atom is -0.313 e. The normalized spacial score (nSPS) is 17.5. The van der Waals surface area contributed by atoms with E-state index < -0.39 is 9.84 Å². The van der Waals surface area contributed by atoms with Gasteiger partial charge in [-0.3, -0.25) is 4.79 Å². The molecule has 0 aliphatic carbocycles. The molecule has 17 heavy (non-hydrogen) atoms. The van der Waals surface area contributed by atoms with Crippen LogP contribution in [0.25, 0.3) is 0 Å². The van der Waals surface area contributed by atoms with Crippen molar-refractivity contribution in [1.82, 2.24) is 5.32 Å². The van der Waals surface area contributed by atoms with Crippen molar-refractivity contribution in [2.45, 2.75) is 17.7 Å². The number of likely N-dealkylation sites (N-methyl/N-ethyl adjacent to an activating group) is 1. The maximum atomic E-state index is 11.8. The van der Waals surface area contributed by atoms with Gasteiger partial charge in [0.2, 0.25) is 0 Å². The highest BCUT2D eigenvalue weighted by Crippen LogP contribution is 2.25. The standard InChI is InChI=1S/C12H15NO3S/c1-13-8-11(14)9-4-5-12-10(7-9)3-2-6-17(12,15)16/h4-5,7,13H,2-3,6,8H2,1H3. The Morgan fingerprint density at radius 1 is 1.41 bits per heavy atom. The molecule has 0 radical (unpaired) electrons. The van der Waals surface area contributed by atoms with Crippen LogP contribution in [0.1, 0.15) is 22.3 Å². The fourth-order valence-electron chi connectivity index (χ4n) is 2.08. The molecular formula is C12H15NO3S. The fourth-order valence-corrected chi connectivity index (χ4v) is 3.66. The van der Waals surface area contributed by atoms with Gasteiger partial charge in [0.05, 0.1) is 17.2 Å². The van der Waals surface area contributed by atoms with Gasteiger partial charge in [0.1, 0.15) is 0 Å². The number of rotatable bonds is 3. The number of ketones is 1. The molecule has 1 N–H and O–H groups in total. The molecule has 4 nitrogen and oxygen atoms in total. The monoisotopic (exact) mass is 253 g/mol. The molecule has 0 amide bonds. The third-order valence-electron chi connectivity index (χ3n) is 2.91. The van der Waals surface area contributed by atoms with E-state index >= 15 is 0 Å². The molecule has 0 unspecified atom stereocenters. The molecule has 1 aromatic rings. The topological polar surface area (TPSA) is 63.2 Å². The number of hydrogen-bond donors (Lipinski definition) is 1. The number of carbonyl (C=O) groups excluding carboxylic acids is 1. The zero-order valence-corrected chi connectivity index (χ0v) is 10.5. The number of sulfone groups is 1. The fraction of sp³-hybridized carbons (Fsp3) is 0.417. The molecule has 0 saturated carbocycles. The lowest BCUT2D eigenvalue weighted by Crippen LogP contribution is -2.20. The summed E-state index contributed by atoms with van der Waals surface area (Å²) in [5.74, 6) is 0.197. The van der Waals surface area contributed by atoms with Crippen LogP contribution in [-0.4, -0.2) is 33.5 Å². The summed E-state index contributed by atoms with van der Waals surface area (Å²) in [6.07, 6.45) is 1.37. The van der Waals surface area contributed by atoms with E-state index in [-0.39, 0.29) is 18.1 Å². The molecule has 1 heterocycles. The zero-order chi connectivity index (χ0) is 12.5. The first-order chi connectivity index (χ1) is 8.04. The Labute approximate surface area is 101 Å². The van der Waals surface area contributed by atoms with E-state index in [1.165, 1.54) is 0 Å². The number of Topliss-reactive ketones (excluding diaryl/α,β-unsaturated/α-hetero) is 1. The summed E-state index contributed by atoms with van der Waals surface area (Å²) in [5.41, 5.74) is 1.36. The van der Waals surface area contributed by atoms with E-state index in [1.54, 1.807) is 25.2 Å². The summed E-state index contributed by atoms with van der Waals surface area (Å²) < 4.78 is 23.6. The third kappa shape index (κ3) is 2.40. The van der Waals surface area contributed by atoms with E-state index in [2.05, 4.69) is 5.32 Å². The van der Waals surface area contributed by atoms with Crippen molar-refractivity contribution >= 4 is 15.6 Å². The van der Waals surface area contributed by atoms with Gasteiger partial charge in [0.15, 0.2) is 15.6 Å². The second-order valence-corrected chi connectivity index (χ2v) is 6.28. The van der Waals surface area contributed by atoms with Crippen molar-refractivity contribution in [1.29, 1.82) is 0 Å². The molecule has 0 saturated heterocycles. The van der Waals surface area contributed by atoms with Gasteiger partial charge in [-0.15, -0.1) is 0 Å². The highest BCUT2D eigenvalue weighted by molar-refractivity contribution is 7.91. The molecule has 0 spiro atoms. The highest BCUT2D eigenvalue weighted by atomic mass is 32.2. The number of benzene rings is 1. The minimum absolute atomic E-state index is 0.0155. The van der Waals surface area contributed by atoms with Crippen molar-refractivity contribution in [3.63, 3.8) is 0 Å². The third-order valence-corrected chi connectivity index (χ3v) is 4.81. The maximum Gasteiger partial charge on any atom is 0.178 e. The lowest BCUT2D eigenvalue weighted by molar-refractivity contribution is 0.0993. The molecule has 1 aliphatic rings. The first kappa shape index (κ1) is 12.3. The molecule has 5 heteroatoms. The van der Waals surface area contributed by atoms with Gasteiger partial charge in [-0.1, -0.05) is 6.07 Å². The van der Waals surface area contributed by atoms with Crippen LogP contribution >= 0.6 is 0 Å². The van der Waals surface area contributed by atoms with Gasteiger partial charge >= 0.3 is 0 Å². The van der Waals surface area contributed by atoms with Crippen LogP contribution in [0.4, 0.5) is 0 Å². The van der Waals surface area contributed by atoms with E-state index in [0.29, 0.717) is 16.9 Å². The van der Waals surface area contributed by atoms with E-state index in [9.17, 15) is 13.2 Å². The average Bonchev–Trinajstić information content (AvgIpc) is 2.28. The van der Waals surface area contributed by atoms with E-state index in [1.807, 2.05) is 0 Å². The molecular weight excluding hydrogens is 238 g/mol. The van der Waals surface area contributed by atoms with Crippen LogP contribution in [0.3, 0.4) is 0 Å². The Morgan fingerprint density at radius 2 is 2.18 bits per heavy atom. The lowest BCUT2D eigenvalue weighted by atomic mass is 10.0. The second-order valence-electron chi connectivity index (χ2n) is 4.20. The predicted molar refractivity (Wildman–Crippen MR) is 65.1 cm³/mol. The number of carbonyl (C=O) groups is 1. The lowest BCUT2D eigenvalue weighted by Gasteiger charge is -2.16. The highest BCUT2D eigenvalue weighted by Gasteiger charge is 2.23. The summed E-state index contributed by atoms with van der Waals surface area (Å²) in [7, 11) is -1.41. The quantitative estimate of drug-likeness (QED) is 0.810. The zero-order valence-electron chi connectivity index (χ0n) is 9.69. The molecule has 0 fully saturated rings. The Balaban J connectivity index is 2.41. The Bertz CT molecular complexity index is 549. The van der Waals surface area contributed by atoms with Gasteiger partial charge in [0, 0.05) is 5.56 Å². The van der Waals surface area contributed by atoms with Gasteiger partial charge in [-0.25, -0.2) is 8.42 Å². The number of hydrogen-bond acceptors (Lipinski definition) is 4. The summed E-state index contributed by atoms with van der Waals surface area (Å²) >= 11 is 0. The largest absolute Gasteiger partial charge is 0.313 e. The van der Waals surface area contributed by atoms with Crippen LogP contribution in [0.5, 0.6) is 0 Å².